The lowest BCUT2D eigenvalue weighted by atomic mass is 9.92. The van der Waals surface area contributed by atoms with Crippen LogP contribution in [0.2, 0.25) is 0 Å². The minimum atomic E-state index is -3.17. The van der Waals surface area contributed by atoms with Crippen molar-refractivity contribution in [2.24, 2.45) is 10.8 Å². The lowest BCUT2D eigenvalue weighted by Crippen LogP contribution is -2.39. The van der Waals surface area contributed by atoms with E-state index in [0.717, 1.165) is 0 Å². The van der Waals surface area contributed by atoms with Gasteiger partial charge in [0.2, 0.25) is 5.91 Å². The Morgan fingerprint density at radius 1 is 1.21 bits per heavy atom. The predicted octanol–water partition coefficient (Wildman–Crippen LogP) is 1.74. The first-order valence-electron chi connectivity index (χ1n) is 10.9. The van der Waals surface area contributed by atoms with E-state index in [0.29, 0.717) is 23.6 Å². The molecular formula is C22H27FN6O4S. The number of nitrogens with two attached hydrogens (primary N) is 1. The first-order valence-corrected chi connectivity index (χ1v) is 12.7. The van der Waals surface area contributed by atoms with Gasteiger partial charge in [0, 0.05) is 17.9 Å². The number of nitrogens with zero attached hydrogens (tertiary/aromatic N) is 4. The maximum Gasteiger partial charge on any atom is 0.273 e. The molecule has 2 aromatic rings. The molecule has 0 aliphatic carbocycles. The number of carbonyl (C=O) groups is 2. The molecule has 0 unspecified atom stereocenters. The minimum Gasteiger partial charge on any atom is -0.368 e. The van der Waals surface area contributed by atoms with E-state index >= 15 is 0 Å². The van der Waals surface area contributed by atoms with Gasteiger partial charge in [-0.3, -0.25) is 14.6 Å². The van der Waals surface area contributed by atoms with E-state index in [-0.39, 0.29) is 29.1 Å². The van der Waals surface area contributed by atoms with Gasteiger partial charge in [-0.05, 0) is 30.7 Å². The van der Waals surface area contributed by atoms with Crippen LogP contribution in [0.15, 0.2) is 35.4 Å². The van der Waals surface area contributed by atoms with Crippen LogP contribution >= 0.6 is 0 Å². The van der Waals surface area contributed by atoms with Gasteiger partial charge in [0.05, 0.1) is 28.9 Å². The van der Waals surface area contributed by atoms with Crippen LogP contribution in [-0.4, -0.2) is 53.3 Å². The Labute approximate surface area is 196 Å². The summed E-state index contributed by atoms with van der Waals surface area (Å²) in [5.74, 6) is -1.31. The molecule has 2 aliphatic rings. The Morgan fingerprint density at radius 2 is 1.88 bits per heavy atom. The van der Waals surface area contributed by atoms with Crippen LogP contribution in [0.5, 0.6) is 0 Å². The first kappa shape index (κ1) is 23.9. The Morgan fingerprint density at radius 3 is 2.44 bits per heavy atom. The highest BCUT2D eigenvalue weighted by Crippen LogP contribution is 2.31. The number of hydrogen-bond donors (Lipinski definition) is 2. The van der Waals surface area contributed by atoms with Crippen LogP contribution in [0.3, 0.4) is 0 Å². The molecule has 1 saturated heterocycles. The molecule has 3 N–H and O–H groups in total. The fraction of sp³-hybridized carbons (Fsp3) is 0.455. The second kappa shape index (κ2) is 8.49. The van der Waals surface area contributed by atoms with Crippen LogP contribution in [0, 0.1) is 5.82 Å². The smallest absolute Gasteiger partial charge is 0.273 e. The zero-order chi connectivity index (χ0) is 24.8. The van der Waals surface area contributed by atoms with Gasteiger partial charge in [-0.15, -0.1) is 0 Å². The number of hydrogen-bond acceptors (Lipinski definition) is 7. The van der Waals surface area contributed by atoms with Gasteiger partial charge in [-0.1, -0.05) is 20.8 Å². The van der Waals surface area contributed by atoms with E-state index in [1.807, 2.05) is 20.8 Å². The SMILES string of the molecule is CC(C)(C)c1cc(NC(=O)C2=NN(c3ccc(F)cc3)[C@@H](C(N)=O)C2)n([C@@H]2CCS(=O)(=O)C2)n1. The van der Waals surface area contributed by atoms with Crippen molar-refractivity contribution in [2.45, 2.75) is 51.1 Å². The summed E-state index contributed by atoms with van der Waals surface area (Å²) in [4.78, 5) is 25.1. The van der Waals surface area contributed by atoms with Gasteiger partial charge in [0.25, 0.3) is 5.91 Å². The molecule has 0 bridgehead atoms. The predicted molar refractivity (Wildman–Crippen MR) is 126 cm³/mol. The molecule has 2 atom stereocenters. The van der Waals surface area contributed by atoms with E-state index < -0.39 is 39.6 Å². The number of amides is 2. The molecule has 34 heavy (non-hydrogen) atoms. The number of sulfone groups is 1. The molecule has 12 heteroatoms. The number of primary amides is 1. The fourth-order valence-electron chi connectivity index (χ4n) is 3.99. The van der Waals surface area contributed by atoms with Crippen molar-refractivity contribution >= 4 is 38.9 Å². The number of benzene rings is 1. The standard InChI is InChI=1S/C22H27FN6O4S/c1-22(2,3)18-11-19(29(27-18)15-8-9-34(32,33)12-15)25-21(31)16-10-17(20(24)30)28(26-16)14-6-4-13(23)5-7-14/h4-7,11,15,17H,8-10,12H2,1-3H3,(H2,24,30)(H,25,31)/t15-,17-/m1/s1. The van der Waals surface area contributed by atoms with Crippen LogP contribution < -0.4 is 16.1 Å². The Balaban J connectivity index is 1.63. The Bertz CT molecular complexity index is 1260. The van der Waals surface area contributed by atoms with Gasteiger partial charge in [0.15, 0.2) is 9.84 Å². The largest absolute Gasteiger partial charge is 0.368 e. The Kier molecular flexibility index (Phi) is 5.96. The highest BCUT2D eigenvalue weighted by molar-refractivity contribution is 7.91. The van der Waals surface area contributed by atoms with Crippen molar-refractivity contribution in [1.29, 1.82) is 0 Å². The van der Waals surface area contributed by atoms with E-state index in [9.17, 15) is 22.4 Å². The molecular weight excluding hydrogens is 463 g/mol. The molecule has 10 nitrogen and oxygen atoms in total. The van der Waals surface area contributed by atoms with Crippen molar-refractivity contribution < 1.29 is 22.4 Å². The van der Waals surface area contributed by atoms with Gasteiger partial charge < -0.3 is 11.1 Å². The molecule has 2 aliphatic heterocycles. The molecule has 1 fully saturated rings. The highest BCUT2D eigenvalue weighted by Gasteiger charge is 2.37. The van der Waals surface area contributed by atoms with Crippen LogP contribution in [0.1, 0.15) is 45.3 Å². The molecule has 4 rings (SSSR count). The summed E-state index contributed by atoms with van der Waals surface area (Å²) in [5, 5.41) is 13.0. The van der Waals surface area contributed by atoms with Crippen molar-refractivity contribution in [3.05, 3.63) is 41.8 Å². The zero-order valence-corrected chi connectivity index (χ0v) is 20.0. The van der Waals surface area contributed by atoms with Crippen LogP contribution in [-0.2, 0) is 24.8 Å². The first-order chi connectivity index (χ1) is 15.8. The third-order valence-corrected chi connectivity index (χ3v) is 7.64. The van der Waals surface area contributed by atoms with E-state index in [1.54, 1.807) is 10.7 Å². The zero-order valence-electron chi connectivity index (χ0n) is 19.2. The summed E-state index contributed by atoms with van der Waals surface area (Å²) in [6.45, 7) is 5.90. The van der Waals surface area contributed by atoms with Crippen molar-refractivity contribution in [3.8, 4) is 0 Å². The molecule has 182 valence electrons. The molecule has 1 aromatic heterocycles. The van der Waals surface area contributed by atoms with Gasteiger partial charge in [-0.2, -0.15) is 10.2 Å². The van der Waals surface area contributed by atoms with Gasteiger partial charge >= 0.3 is 0 Å². The molecule has 0 radical (unpaired) electrons. The summed E-state index contributed by atoms with van der Waals surface area (Å²) in [7, 11) is -3.17. The molecule has 3 heterocycles. The maximum absolute atomic E-state index is 13.3. The maximum atomic E-state index is 13.3. The summed E-state index contributed by atoms with van der Waals surface area (Å²) in [6.07, 6.45) is 0.371. The van der Waals surface area contributed by atoms with Crippen LogP contribution in [0.4, 0.5) is 15.9 Å². The highest BCUT2D eigenvalue weighted by atomic mass is 32.2. The van der Waals surface area contributed by atoms with E-state index in [1.165, 1.54) is 29.3 Å². The third-order valence-electron chi connectivity index (χ3n) is 5.89. The number of rotatable bonds is 5. The monoisotopic (exact) mass is 490 g/mol. The summed E-state index contributed by atoms with van der Waals surface area (Å²) >= 11 is 0. The van der Waals surface area contributed by atoms with Crippen molar-refractivity contribution in [1.82, 2.24) is 9.78 Å². The average Bonchev–Trinajstić information content (AvgIpc) is 3.44. The molecule has 0 spiro atoms. The number of carbonyl (C=O) groups excluding carboxylic acids is 2. The van der Waals surface area contributed by atoms with Gasteiger partial charge in [0.1, 0.15) is 23.4 Å². The second-order valence-corrected chi connectivity index (χ2v) is 11.8. The molecule has 0 saturated carbocycles. The lowest BCUT2D eigenvalue weighted by Gasteiger charge is -2.20. The van der Waals surface area contributed by atoms with Gasteiger partial charge in [-0.25, -0.2) is 17.5 Å². The van der Waals surface area contributed by atoms with E-state index in [4.69, 9.17) is 5.73 Å². The number of halogens is 1. The topological polar surface area (TPSA) is 140 Å². The third kappa shape index (κ3) is 4.81. The number of aromatic nitrogens is 2. The summed E-state index contributed by atoms with van der Waals surface area (Å²) in [6, 6.07) is 5.77. The average molecular weight is 491 g/mol. The van der Waals surface area contributed by atoms with Crippen LogP contribution in [0.25, 0.3) is 0 Å². The number of anilines is 2. The second-order valence-electron chi connectivity index (χ2n) is 9.61. The quantitative estimate of drug-likeness (QED) is 0.654. The fourth-order valence-corrected chi connectivity index (χ4v) is 5.68. The number of nitrogens with one attached hydrogen (secondary N) is 1. The number of hydrazone groups is 1. The van der Waals surface area contributed by atoms with Crippen molar-refractivity contribution in [2.75, 3.05) is 21.8 Å². The normalized spacial score (nSPS) is 22.0. The molecule has 2 amide bonds. The van der Waals surface area contributed by atoms with E-state index in [2.05, 4.69) is 15.5 Å². The summed E-state index contributed by atoms with van der Waals surface area (Å²) < 4.78 is 38.9. The van der Waals surface area contributed by atoms with Crippen molar-refractivity contribution in [3.63, 3.8) is 0 Å². The lowest BCUT2D eigenvalue weighted by molar-refractivity contribution is -0.119. The minimum absolute atomic E-state index is 0.0311. The summed E-state index contributed by atoms with van der Waals surface area (Å²) in [5.41, 5.74) is 6.38. The molecule has 1 aromatic carbocycles. The Hall–Kier alpha value is -3.28.